The Labute approximate surface area is 145 Å². The monoisotopic (exact) mass is 351 g/mol. The molecule has 0 saturated carbocycles. The molecular formula is C18H29NO4Si. The van der Waals surface area contributed by atoms with Gasteiger partial charge in [-0.15, -0.1) is 0 Å². The molecule has 2 atom stereocenters. The minimum absolute atomic E-state index is 0.00975. The first-order valence-electron chi connectivity index (χ1n) is 8.18. The maximum atomic E-state index is 12.2. The van der Waals surface area contributed by atoms with Crippen LogP contribution in [0.3, 0.4) is 0 Å². The normalized spacial score (nSPS) is 14.9. The highest BCUT2D eigenvalue weighted by atomic mass is 28.4. The Morgan fingerprint density at radius 2 is 1.75 bits per heavy atom. The minimum Gasteiger partial charge on any atom is -0.480 e. The molecule has 134 valence electrons. The molecule has 0 aromatic heterocycles. The van der Waals surface area contributed by atoms with Crippen LogP contribution in [-0.2, 0) is 9.22 Å². The van der Waals surface area contributed by atoms with E-state index < -0.39 is 26.4 Å². The van der Waals surface area contributed by atoms with Crippen LogP contribution >= 0.6 is 0 Å². The summed E-state index contributed by atoms with van der Waals surface area (Å²) in [5.74, 6) is -1.15. The first kappa shape index (κ1) is 20.5. The molecule has 6 heteroatoms. The van der Waals surface area contributed by atoms with E-state index >= 15 is 0 Å². The first-order valence-corrected chi connectivity index (χ1v) is 11.1. The first-order chi connectivity index (χ1) is 11.0. The molecular weight excluding hydrogens is 322 g/mol. The molecule has 0 aliphatic carbocycles. The Kier molecular flexibility index (Phi) is 6.89. The number of nitrogens with one attached hydrogen (secondary N) is 1. The minimum atomic E-state index is -2.09. The number of benzene rings is 1. The van der Waals surface area contributed by atoms with Crippen molar-refractivity contribution >= 4 is 20.1 Å². The summed E-state index contributed by atoms with van der Waals surface area (Å²) in [6.07, 6.45) is -0.521. The SMILES string of the molecule is CC(O[Si](C)(C)C(C)(C)C)C(NCC(=O)c1ccccc1)C(=O)O. The van der Waals surface area contributed by atoms with Crippen molar-refractivity contribution in [3.63, 3.8) is 0 Å². The van der Waals surface area contributed by atoms with E-state index in [1.807, 2.05) is 6.07 Å². The Morgan fingerprint density at radius 1 is 1.21 bits per heavy atom. The van der Waals surface area contributed by atoms with Crippen LogP contribution in [-0.4, -0.2) is 43.9 Å². The zero-order valence-corrected chi connectivity index (χ0v) is 16.4. The summed E-state index contributed by atoms with van der Waals surface area (Å²) < 4.78 is 6.15. The van der Waals surface area contributed by atoms with E-state index in [4.69, 9.17) is 4.43 Å². The topological polar surface area (TPSA) is 75.6 Å². The predicted octanol–water partition coefficient (Wildman–Crippen LogP) is 3.32. The number of hydrogen-bond acceptors (Lipinski definition) is 4. The van der Waals surface area contributed by atoms with E-state index in [2.05, 4.69) is 39.2 Å². The van der Waals surface area contributed by atoms with Gasteiger partial charge >= 0.3 is 5.97 Å². The van der Waals surface area contributed by atoms with Gasteiger partial charge in [-0.25, -0.2) is 0 Å². The van der Waals surface area contributed by atoms with Crippen molar-refractivity contribution in [2.45, 2.75) is 58.0 Å². The number of carbonyl (C=O) groups is 2. The Hall–Kier alpha value is -1.50. The fourth-order valence-corrected chi connectivity index (χ4v) is 3.51. The van der Waals surface area contributed by atoms with E-state index in [0.29, 0.717) is 5.56 Å². The van der Waals surface area contributed by atoms with Gasteiger partial charge in [0.2, 0.25) is 0 Å². The van der Waals surface area contributed by atoms with Crippen LogP contribution in [0.25, 0.3) is 0 Å². The van der Waals surface area contributed by atoms with E-state index in [9.17, 15) is 14.7 Å². The maximum Gasteiger partial charge on any atom is 0.323 e. The van der Waals surface area contributed by atoms with Crippen LogP contribution in [0, 0.1) is 0 Å². The molecule has 0 heterocycles. The summed E-state index contributed by atoms with van der Waals surface area (Å²) in [6, 6.07) is 7.91. The number of ketones is 1. The van der Waals surface area contributed by atoms with Crippen molar-refractivity contribution in [1.29, 1.82) is 0 Å². The molecule has 2 unspecified atom stereocenters. The molecule has 0 amide bonds. The van der Waals surface area contributed by atoms with Crippen LogP contribution in [0.4, 0.5) is 0 Å². The van der Waals surface area contributed by atoms with Crippen molar-refractivity contribution < 1.29 is 19.1 Å². The lowest BCUT2D eigenvalue weighted by Crippen LogP contribution is -2.53. The second kappa shape index (κ2) is 8.05. The van der Waals surface area contributed by atoms with E-state index in [0.717, 1.165) is 0 Å². The number of carbonyl (C=O) groups excluding carboxylic acids is 1. The molecule has 2 N–H and O–H groups in total. The second-order valence-electron chi connectivity index (χ2n) is 7.57. The molecule has 1 aromatic rings. The third kappa shape index (κ3) is 5.54. The Balaban J connectivity index is 2.74. The van der Waals surface area contributed by atoms with Crippen LogP contribution in [0.15, 0.2) is 30.3 Å². The molecule has 0 bridgehead atoms. The Morgan fingerprint density at radius 3 is 2.21 bits per heavy atom. The van der Waals surface area contributed by atoms with Crippen molar-refractivity contribution in [1.82, 2.24) is 5.32 Å². The van der Waals surface area contributed by atoms with Gasteiger partial charge in [-0.05, 0) is 25.1 Å². The molecule has 1 aromatic carbocycles. The largest absolute Gasteiger partial charge is 0.480 e. The summed E-state index contributed by atoms with van der Waals surface area (Å²) in [4.78, 5) is 23.7. The molecule has 1 rings (SSSR count). The summed E-state index contributed by atoms with van der Waals surface area (Å²) in [7, 11) is -2.09. The zero-order valence-electron chi connectivity index (χ0n) is 15.4. The second-order valence-corrected chi connectivity index (χ2v) is 12.3. The molecule has 0 spiro atoms. The number of Topliss-reactive ketones (excluding diaryl/α,β-unsaturated/α-hetero) is 1. The van der Waals surface area contributed by atoms with Gasteiger partial charge in [-0.2, -0.15) is 0 Å². The van der Waals surface area contributed by atoms with Crippen molar-refractivity contribution in [3.05, 3.63) is 35.9 Å². The standard InChI is InChI=1S/C18H29NO4Si/c1-13(23-24(5,6)18(2,3)4)16(17(21)22)19-12-15(20)14-10-8-7-9-11-14/h7-11,13,16,19H,12H2,1-6H3,(H,21,22). The molecule has 0 fully saturated rings. The molecule has 0 radical (unpaired) electrons. The summed E-state index contributed by atoms with van der Waals surface area (Å²) in [5, 5.41) is 12.3. The number of carboxylic acids is 1. The average Bonchev–Trinajstić information content (AvgIpc) is 2.46. The lowest BCUT2D eigenvalue weighted by Gasteiger charge is -2.39. The van der Waals surface area contributed by atoms with Gasteiger partial charge in [-0.1, -0.05) is 51.1 Å². The van der Waals surface area contributed by atoms with Gasteiger partial charge in [0.1, 0.15) is 6.04 Å². The number of hydrogen-bond donors (Lipinski definition) is 2. The average molecular weight is 352 g/mol. The third-order valence-electron chi connectivity index (χ3n) is 4.60. The molecule has 0 aliphatic rings. The molecule has 0 saturated heterocycles. The number of rotatable bonds is 8. The van der Waals surface area contributed by atoms with Gasteiger partial charge in [0, 0.05) is 5.56 Å². The van der Waals surface area contributed by atoms with Crippen LogP contribution in [0.2, 0.25) is 18.1 Å². The number of carboxylic acid groups (broad SMARTS) is 1. The van der Waals surface area contributed by atoms with Crippen molar-refractivity contribution in [2.24, 2.45) is 0 Å². The highest BCUT2D eigenvalue weighted by Gasteiger charge is 2.40. The zero-order chi connectivity index (χ0) is 18.5. The maximum absolute atomic E-state index is 12.2. The van der Waals surface area contributed by atoms with Gasteiger partial charge in [0.15, 0.2) is 14.1 Å². The van der Waals surface area contributed by atoms with Gasteiger partial charge in [0.25, 0.3) is 0 Å². The van der Waals surface area contributed by atoms with Crippen molar-refractivity contribution in [2.75, 3.05) is 6.54 Å². The molecule has 0 aliphatic heterocycles. The number of aliphatic carboxylic acids is 1. The molecule has 5 nitrogen and oxygen atoms in total. The Bertz CT molecular complexity index is 566. The van der Waals surface area contributed by atoms with Crippen LogP contribution in [0.5, 0.6) is 0 Å². The van der Waals surface area contributed by atoms with Crippen molar-refractivity contribution in [3.8, 4) is 0 Å². The van der Waals surface area contributed by atoms with Gasteiger partial charge in [-0.3, -0.25) is 14.9 Å². The van der Waals surface area contributed by atoms with E-state index in [-0.39, 0.29) is 17.4 Å². The quantitative estimate of drug-likeness (QED) is 0.555. The van der Waals surface area contributed by atoms with Gasteiger partial charge < -0.3 is 9.53 Å². The smallest absolute Gasteiger partial charge is 0.323 e. The lowest BCUT2D eigenvalue weighted by atomic mass is 10.1. The fourth-order valence-electron chi connectivity index (χ4n) is 2.09. The van der Waals surface area contributed by atoms with E-state index in [1.54, 1.807) is 31.2 Å². The third-order valence-corrected chi connectivity index (χ3v) is 9.17. The highest BCUT2D eigenvalue weighted by molar-refractivity contribution is 6.74. The summed E-state index contributed by atoms with van der Waals surface area (Å²) >= 11 is 0. The lowest BCUT2D eigenvalue weighted by molar-refractivity contribution is -0.141. The summed E-state index contributed by atoms with van der Waals surface area (Å²) in [6.45, 7) is 12.2. The summed E-state index contributed by atoms with van der Waals surface area (Å²) in [5.41, 5.74) is 0.562. The van der Waals surface area contributed by atoms with Crippen LogP contribution in [0.1, 0.15) is 38.1 Å². The predicted molar refractivity (Wildman–Crippen MR) is 97.9 cm³/mol. The van der Waals surface area contributed by atoms with E-state index in [1.165, 1.54) is 0 Å². The molecule has 24 heavy (non-hydrogen) atoms. The fraction of sp³-hybridized carbons (Fsp3) is 0.556. The highest BCUT2D eigenvalue weighted by Crippen LogP contribution is 2.37. The van der Waals surface area contributed by atoms with Gasteiger partial charge in [0.05, 0.1) is 12.6 Å². The van der Waals surface area contributed by atoms with Crippen LogP contribution < -0.4 is 5.32 Å².